The maximum atomic E-state index is 10.4. The van der Waals surface area contributed by atoms with Crippen molar-refractivity contribution in [2.75, 3.05) is 7.05 Å². The summed E-state index contributed by atoms with van der Waals surface area (Å²) in [6, 6.07) is 5.80. The predicted molar refractivity (Wildman–Crippen MR) is 59.9 cm³/mol. The Kier molecular flexibility index (Phi) is 3.73. The molecule has 0 radical (unpaired) electrons. The molecule has 0 aromatic carbocycles. The average Bonchev–Trinajstić information content (AvgIpc) is 2.62. The summed E-state index contributed by atoms with van der Waals surface area (Å²) in [6.07, 6.45) is 0.863. The van der Waals surface area contributed by atoms with E-state index >= 15 is 0 Å². The van der Waals surface area contributed by atoms with Crippen LogP contribution in [0.2, 0.25) is 0 Å². The molecule has 3 nitrogen and oxygen atoms in total. The van der Waals surface area contributed by atoms with Crippen LogP contribution in [-0.4, -0.2) is 18.3 Å². The number of fused-ring (bicyclic) bond motifs is 1. The molecule has 0 aliphatic carbocycles. The van der Waals surface area contributed by atoms with Crippen molar-refractivity contribution in [3.05, 3.63) is 28.8 Å². The largest absolute Gasteiger partial charge is 0.333 e. The third-order valence-electron chi connectivity index (χ3n) is 1.66. The van der Waals surface area contributed by atoms with E-state index in [4.69, 9.17) is 0 Å². The van der Waals surface area contributed by atoms with E-state index in [-0.39, 0.29) is 0 Å². The molecule has 0 unspecified atom stereocenters. The molecule has 2 aromatic rings. The van der Waals surface area contributed by atoms with E-state index in [0.29, 0.717) is 0 Å². The molecular formula is C10H12N2OS. The number of thiophene rings is 1. The van der Waals surface area contributed by atoms with Crippen LogP contribution in [-0.2, 0) is 0 Å². The quantitative estimate of drug-likeness (QED) is 0.729. The van der Waals surface area contributed by atoms with Crippen molar-refractivity contribution in [1.82, 2.24) is 4.98 Å². The third kappa shape index (κ3) is 2.16. The normalized spacial score (nSPS) is 9.36. The van der Waals surface area contributed by atoms with Gasteiger partial charge < -0.3 is 5.73 Å². The summed E-state index contributed by atoms with van der Waals surface area (Å²) in [6.45, 7) is 1.94. The molecule has 2 N–H and O–H groups in total. The topological polar surface area (TPSA) is 56.0 Å². The van der Waals surface area contributed by atoms with Crippen LogP contribution < -0.4 is 5.73 Å². The van der Waals surface area contributed by atoms with Crippen molar-refractivity contribution in [3.63, 3.8) is 0 Å². The minimum absolute atomic E-state index is 0.739. The number of hydrogen-bond donors (Lipinski definition) is 1. The molecule has 0 saturated heterocycles. The summed E-state index contributed by atoms with van der Waals surface area (Å²) in [5, 5.41) is 1.05. The molecule has 0 fully saturated rings. The lowest BCUT2D eigenvalue weighted by molar-refractivity contribution is 0.112. The zero-order valence-corrected chi connectivity index (χ0v) is 8.97. The molecule has 2 aromatic heterocycles. The number of hydrogen-bond acceptors (Lipinski definition) is 4. The van der Waals surface area contributed by atoms with E-state index in [9.17, 15) is 4.79 Å². The minimum Gasteiger partial charge on any atom is -0.333 e. The number of rotatable bonds is 1. The van der Waals surface area contributed by atoms with Crippen LogP contribution in [0.25, 0.3) is 10.2 Å². The predicted octanol–water partition coefficient (Wildman–Crippen LogP) is 1.99. The van der Waals surface area contributed by atoms with E-state index in [0.717, 1.165) is 27.1 Å². The highest BCUT2D eigenvalue weighted by molar-refractivity contribution is 7.20. The van der Waals surface area contributed by atoms with Gasteiger partial charge in [0.2, 0.25) is 0 Å². The Balaban J connectivity index is 0.000000461. The third-order valence-corrected chi connectivity index (χ3v) is 2.63. The lowest BCUT2D eigenvalue weighted by Gasteiger charge is -1.89. The Morgan fingerprint density at radius 2 is 2.14 bits per heavy atom. The number of nitrogens with zero attached hydrogens (tertiary/aromatic N) is 1. The number of pyridine rings is 1. The summed E-state index contributed by atoms with van der Waals surface area (Å²) >= 11 is 1.43. The van der Waals surface area contributed by atoms with Gasteiger partial charge in [0, 0.05) is 11.1 Å². The van der Waals surface area contributed by atoms with Crippen molar-refractivity contribution in [3.8, 4) is 0 Å². The van der Waals surface area contributed by atoms with Crippen molar-refractivity contribution in [2.45, 2.75) is 6.92 Å². The van der Waals surface area contributed by atoms with Gasteiger partial charge in [0.05, 0.1) is 4.88 Å². The van der Waals surface area contributed by atoms with Gasteiger partial charge in [-0.1, -0.05) is 6.07 Å². The Hall–Kier alpha value is -1.26. The number of nitrogens with two attached hydrogens (primary N) is 1. The van der Waals surface area contributed by atoms with Gasteiger partial charge in [-0.25, -0.2) is 4.98 Å². The zero-order chi connectivity index (χ0) is 10.6. The molecule has 0 spiro atoms. The van der Waals surface area contributed by atoms with Crippen LogP contribution in [0.15, 0.2) is 18.2 Å². The second-order valence-corrected chi connectivity index (χ2v) is 3.68. The number of carbonyl (C=O) groups is 1. The van der Waals surface area contributed by atoms with Crippen molar-refractivity contribution in [1.29, 1.82) is 0 Å². The number of carbonyl (C=O) groups excluding carboxylic acids is 1. The average molecular weight is 208 g/mol. The second-order valence-electron chi connectivity index (χ2n) is 2.61. The molecule has 0 aliphatic rings. The maximum Gasteiger partial charge on any atom is 0.160 e. The number of aromatic nitrogens is 1. The van der Waals surface area contributed by atoms with E-state index in [1.807, 2.05) is 25.1 Å². The van der Waals surface area contributed by atoms with Gasteiger partial charge in [0.15, 0.2) is 6.29 Å². The van der Waals surface area contributed by atoms with Crippen LogP contribution in [0, 0.1) is 6.92 Å². The van der Waals surface area contributed by atoms with E-state index < -0.39 is 0 Å². The van der Waals surface area contributed by atoms with Crippen molar-refractivity contribution >= 4 is 27.8 Å². The second kappa shape index (κ2) is 4.83. The van der Waals surface area contributed by atoms with Gasteiger partial charge in [-0.2, -0.15) is 0 Å². The number of aryl methyl sites for hydroxylation is 1. The van der Waals surface area contributed by atoms with Crippen molar-refractivity contribution in [2.24, 2.45) is 5.73 Å². The molecule has 2 heterocycles. The SMILES string of the molecule is CN.Cc1ccc2cc(C=O)sc2n1. The summed E-state index contributed by atoms with van der Waals surface area (Å²) in [4.78, 5) is 16.4. The van der Waals surface area contributed by atoms with Gasteiger partial charge >= 0.3 is 0 Å². The monoisotopic (exact) mass is 208 g/mol. The highest BCUT2D eigenvalue weighted by atomic mass is 32.1. The van der Waals surface area contributed by atoms with Gasteiger partial charge in [0.1, 0.15) is 4.83 Å². The first kappa shape index (κ1) is 10.8. The van der Waals surface area contributed by atoms with E-state index in [1.165, 1.54) is 18.4 Å². The van der Waals surface area contributed by atoms with E-state index in [1.54, 1.807) is 0 Å². The smallest absolute Gasteiger partial charge is 0.160 e. The molecule has 0 saturated carbocycles. The van der Waals surface area contributed by atoms with E-state index in [2.05, 4.69) is 10.7 Å². The van der Waals surface area contributed by atoms with Gasteiger partial charge in [-0.15, -0.1) is 11.3 Å². The first-order valence-electron chi connectivity index (χ1n) is 4.20. The molecular weight excluding hydrogens is 196 g/mol. The highest BCUT2D eigenvalue weighted by Gasteiger charge is 2.00. The lowest BCUT2D eigenvalue weighted by Crippen LogP contribution is -1.75. The van der Waals surface area contributed by atoms with Crippen LogP contribution in [0.5, 0.6) is 0 Å². The highest BCUT2D eigenvalue weighted by Crippen LogP contribution is 2.22. The van der Waals surface area contributed by atoms with Gasteiger partial charge in [-0.3, -0.25) is 4.79 Å². The molecule has 0 aliphatic heterocycles. The Morgan fingerprint density at radius 3 is 2.79 bits per heavy atom. The molecule has 0 amide bonds. The maximum absolute atomic E-state index is 10.4. The lowest BCUT2D eigenvalue weighted by atomic mass is 10.3. The van der Waals surface area contributed by atoms with Crippen LogP contribution in [0.1, 0.15) is 15.4 Å². The fourth-order valence-corrected chi connectivity index (χ4v) is 1.98. The molecule has 0 bridgehead atoms. The molecule has 74 valence electrons. The molecule has 14 heavy (non-hydrogen) atoms. The number of aldehydes is 1. The first-order valence-corrected chi connectivity index (χ1v) is 5.01. The molecule has 0 atom stereocenters. The van der Waals surface area contributed by atoms with Gasteiger partial charge in [0.25, 0.3) is 0 Å². The zero-order valence-electron chi connectivity index (χ0n) is 8.15. The molecule has 4 heteroatoms. The summed E-state index contributed by atoms with van der Waals surface area (Å²) in [7, 11) is 1.50. The van der Waals surface area contributed by atoms with Crippen molar-refractivity contribution < 1.29 is 4.79 Å². The standard InChI is InChI=1S/C9H7NOS.CH5N/c1-6-2-3-7-4-8(5-11)12-9(7)10-6;1-2/h2-5H,1H3;2H2,1H3. The summed E-state index contributed by atoms with van der Waals surface area (Å²) < 4.78 is 0. The Morgan fingerprint density at radius 1 is 1.43 bits per heavy atom. The Labute approximate surface area is 86.6 Å². The summed E-state index contributed by atoms with van der Waals surface area (Å²) in [5.74, 6) is 0. The van der Waals surface area contributed by atoms with Crippen LogP contribution in [0.3, 0.4) is 0 Å². The van der Waals surface area contributed by atoms with Crippen LogP contribution >= 0.6 is 11.3 Å². The fourth-order valence-electron chi connectivity index (χ4n) is 1.09. The molecule has 2 rings (SSSR count). The summed E-state index contributed by atoms with van der Waals surface area (Å²) in [5.41, 5.74) is 5.49. The minimum atomic E-state index is 0.739. The fraction of sp³-hybridized carbons (Fsp3) is 0.200. The van der Waals surface area contributed by atoms with Crippen LogP contribution in [0.4, 0.5) is 0 Å². The van der Waals surface area contributed by atoms with Gasteiger partial charge in [-0.05, 0) is 26.1 Å². The Bertz CT molecular complexity index is 437. The first-order chi connectivity index (χ1) is 6.79.